The summed E-state index contributed by atoms with van der Waals surface area (Å²) in [6.07, 6.45) is 0.283. The maximum Gasteiger partial charge on any atom is 0.165 e. The number of benzene rings is 1. The largest absolute Gasteiger partial charge is 0.486 e. The van der Waals surface area contributed by atoms with Crippen LogP contribution in [0.5, 0.6) is 11.5 Å². The van der Waals surface area contributed by atoms with Crippen LogP contribution >= 0.6 is 0 Å². The first-order valence-corrected chi connectivity index (χ1v) is 7.58. The zero-order valence-corrected chi connectivity index (χ0v) is 12.9. The lowest BCUT2D eigenvalue weighted by atomic mass is 10.1. The molecule has 1 aromatic carbocycles. The fourth-order valence-corrected chi connectivity index (χ4v) is 2.94. The van der Waals surface area contributed by atoms with E-state index in [-0.39, 0.29) is 6.10 Å². The maximum atomic E-state index is 5.83. The van der Waals surface area contributed by atoms with Crippen LogP contribution in [-0.4, -0.2) is 69.5 Å². The van der Waals surface area contributed by atoms with Crippen molar-refractivity contribution in [3.8, 4) is 11.5 Å². The van der Waals surface area contributed by atoms with Gasteiger partial charge in [0.25, 0.3) is 0 Å². The number of hydrogen-bond donors (Lipinski definition) is 0. The average molecular weight is 292 g/mol. The summed E-state index contributed by atoms with van der Waals surface area (Å²) in [6.45, 7) is 5.85. The van der Waals surface area contributed by atoms with Crippen molar-refractivity contribution < 1.29 is 14.2 Å². The second-order valence-electron chi connectivity index (χ2n) is 5.93. The van der Waals surface area contributed by atoms with Crippen molar-refractivity contribution in [3.63, 3.8) is 0 Å². The van der Waals surface area contributed by atoms with E-state index in [9.17, 15) is 0 Å². The number of fused-ring (bicyclic) bond motifs is 1. The molecule has 1 aromatic rings. The number of rotatable bonds is 4. The summed E-state index contributed by atoms with van der Waals surface area (Å²) in [4.78, 5) is 4.61. The fraction of sp³-hybridized carbons (Fsp3) is 0.625. The Hall–Kier alpha value is -1.30. The quantitative estimate of drug-likeness (QED) is 0.833. The third-order valence-electron chi connectivity index (χ3n) is 3.83. The van der Waals surface area contributed by atoms with Gasteiger partial charge in [-0.3, -0.25) is 4.90 Å². The van der Waals surface area contributed by atoms with Crippen LogP contribution in [0.3, 0.4) is 0 Å². The van der Waals surface area contributed by atoms with E-state index in [1.807, 2.05) is 12.1 Å². The van der Waals surface area contributed by atoms with E-state index >= 15 is 0 Å². The Morgan fingerprint density at radius 2 is 2.05 bits per heavy atom. The number of ether oxygens (including phenoxy) is 3. The number of hydrogen-bond acceptors (Lipinski definition) is 5. The monoisotopic (exact) mass is 292 g/mol. The topological polar surface area (TPSA) is 34.2 Å². The Labute approximate surface area is 126 Å². The van der Waals surface area contributed by atoms with Gasteiger partial charge in [-0.05, 0) is 20.2 Å². The molecule has 1 fully saturated rings. The lowest BCUT2D eigenvalue weighted by Crippen LogP contribution is -2.46. The van der Waals surface area contributed by atoms with Crippen LogP contribution < -0.4 is 9.47 Å². The highest BCUT2D eigenvalue weighted by Crippen LogP contribution is 2.34. The zero-order valence-electron chi connectivity index (χ0n) is 12.9. The van der Waals surface area contributed by atoms with Gasteiger partial charge in [0.15, 0.2) is 11.5 Å². The highest BCUT2D eigenvalue weighted by molar-refractivity contribution is 5.47. The molecular weight excluding hydrogens is 268 g/mol. The number of para-hydroxylation sites is 1. The fourth-order valence-electron chi connectivity index (χ4n) is 2.94. The standard InChI is InChI=1S/C16H24N2O3/c1-17(2)11-14-12-18(6-7-19-14)10-13-4-3-5-15-16(13)21-9-8-20-15/h3-5,14H,6-12H2,1-2H3. The molecule has 5 nitrogen and oxygen atoms in total. The number of likely N-dealkylation sites (N-methyl/N-ethyl adjacent to an activating group) is 1. The second kappa shape index (κ2) is 6.64. The minimum atomic E-state index is 0.283. The van der Waals surface area contributed by atoms with Crippen molar-refractivity contribution in [2.45, 2.75) is 12.6 Å². The maximum absolute atomic E-state index is 5.83. The van der Waals surface area contributed by atoms with Gasteiger partial charge in [0.2, 0.25) is 0 Å². The van der Waals surface area contributed by atoms with E-state index in [0.717, 1.165) is 44.3 Å². The van der Waals surface area contributed by atoms with E-state index in [0.29, 0.717) is 13.2 Å². The van der Waals surface area contributed by atoms with Gasteiger partial charge < -0.3 is 19.1 Å². The van der Waals surface area contributed by atoms with Gasteiger partial charge in [0.05, 0.1) is 12.7 Å². The molecule has 0 bridgehead atoms. The van der Waals surface area contributed by atoms with Crippen LogP contribution in [0.25, 0.3) is 0 Å². The Balaban J connectivity index is 1.66. The minimum Gasteiger partial charge on any atom is -0.486 e. The molecule has 1 atom stereocenters. The van der Waals surface area contributed by atoms with Crippen molar-refractivity contribution in [1.82, 2.24) is 9.80 Å². The van der Waals surface area contributed by atoms with Crippen LogP contribution in [0, 0.1) is 0 Å². The summed E-state index contributed by atoms with van der Waals surface area (Å²) < 4.78 is 17.3. The molecule has 116 valence electrons. The lowest BCUT2D eigenvalue weighted by molar-refractivity contribution is -0.0409. The van der Waals surface area contributed by atoms with E-state index in [2.05, 4.69) is 30.0 Å². The molecule has 21 heavy (non-hydrogen) atoms. The Kier molecular flexibility index (Phi) is 4.63. The average Bonchev–Trinajstić information content (AvgIpc) is 2.47. The molecule has 2 aliphatic heterocycles. The van der Waals surface area contributed by atoms with E-state index in [1.165, 1.54) is 5.56 Å². The summed E-state index contributed by atoms with van der Waals surface area (Å²) in [5.41, 5.74) is 1.21. The van der Waals surface area contributed by atoms with Gasteiger partial charge in [-0.15, -0.1) is 0 Å². The molecule has 0 amide bonds. The summed E-state index contributed by atoms with van der Waals surface area (Å²) in [6, 6.07) is 6.15. The van der Waals surface area contributed by atoms with Crippen LogP contribution in [0.15, 0.2) is 18.2 Å². The molecule has 1 unspecified atom stereocenters. The predicted molar refractivity (Wildman–Crippen MR) is 81.0 cm³/mol. The smallest absolute Gasteiger partial charge is 0.165 e. The van der Waals surface area contributed by atoms with Crippen LogP contribution in [0.1, 0.15) is 5.56 Å². The zero-order chi connectivity index (χ0) is 14.7. The molecule has 0 aliphatic carbocycles. The highest BCUT2D eigenvalue weighted by atomic mass is 16.6. The van der Waals surface area contributed by atoms with Gasteiger partial charge in [-0.2, -0.15) is 0 Å². The molecule has 2 aliphatic rings. The molecule has 5 heteroatoms. The molecule has 1 saturated heterocycles. The molecule has 0 aromatic heterocycles. The normalized spacial score (nSPS) is 22.5. The van der Waals surface area contributed by atoms with Gasteiger partial charge in [-0.1, -0.05) is 12.1 Å². The molecule has 0 N–H and O–H groups in total. The van der Waals surface area contributed by atoms with Gasteiger partial charge in [0.1, 0.15) is 13.2 Å². The summed E-state index contributed by atoms with van der Waals surface area (Å²) in [5, 5.41) is 0. The highest BCUT2D eigenvalue weighted by Gasteiger charge is 2.23. The second-order valence-corrected chi connectivity index (χ2v) is 5.93. The van der Waals surface area contributed by atoms with Crippen molar-refractivity contribution in [2.24, 2.45) is 0 Å². The van der Waals surface area contributed by atoms with Gasteiger partial charge in [0, 0.05) is 31.7 Å². The Morgan fingerprint density at radius 3 is 2.90 bits per heavy atom. The van der Waals surface area contributed by atoms with Crippen LogP contribution in [0.2, 0.25) is 0 Å². The summed E-state index contributed by atoms with van der Waals surface area (Å²) >= 11 is 0. The van der Waals surface area contributed by atoms with E-state index < -0.39 is 0 Å². The third-order valence-corrected chi connectivity index (χ3v) is 3.83. The van der Waals surface area contributed by atoms with Crippen LogP contribution in [-0.2, 0) is 11.3 Å². The number of morpholine rings is 1. The third kappa shape index (κ3) is 3.67. The Bertz CT molecular complexity index is 479. The molecule has 0 radical (unpaired) electrons. The Morgan fingerprint density at radius 1 is 1.19 bits per heavy atom. The first-order valence-electron chi connectivity index (χ1n) is 7.58. The predicted octanol–water partition coefficient (Wildman–Crippen LogP) is 1.22. The van der Waals surface area contributed by atoms with Gasteiger partial charge in [-0.25, -0.2) is 0 Å². The molecule has 0 saturated carbocycles. The lowest BCUT2D eigenvalue weighted by Gasteiger charge is -2.34. The minimum absolute atomic E-state index is 0.283. The van der Waals surface area contributed by atoms with E-state index in [1.54, 1.807) is 0 Å². The van der Waals surface area contributed by atoms with Gasteiger partial charge >= 0.3 is 0 Å². The molecule has 2 heterocycles. The van der Waals surface area contributed by atoms with Crippen molar-refractivity contribution in [1.29, 1.82) is 0 Å². The number of nitrogens with zero attached hydrogens (tertiary/aromatic N) is 2. The summed E-state index contributed by atoms with van der Waals surface area (Å²) in [5.74, 6) is 1.79. The summed E-state index contributed by atoms with van der Waals surface area (Å²) in [7, 11) is 4.17. The van der Waals surface area contributed by atoms with Crippen molar-refractivity contribution >= 4 is 0 Å². The first kappa shape index (κ1) is 14.6. The van der Waals surface area contributed by atoms with Crippen molar-refractivity contribution in [2.75, 3.05) is 53.6 Å². The van der Waals surface area contributed by atoms with E-state index in [4.69, 9.17) is 14.2 Å². The first-order chi connectivity index (χ1) is 10.2. The van der Waals surface area contributed by atoms with Crippen molar-refractivity contribution in [3.05, 3.63) is 23.8 Å². The molecule has 0 spiro atoms. The molecular formula is C16H24N2O3. The molecule has 3 rings (SSSR count). The SMILES string of the molecule is CN(C)CC1CN(Cc2cccc3c2OCCO3)CCO1. The van der Waals surface area contributed by atoms with Crippen LogP contribution in [0.4, 0.5) is 0 Å².